The minimum absolute atomic E-state index is 0.0587. The van der Waals surface area contributed by atoms with Gasteiger partial charge in [0.1, 0.15) is 5.69 Å². The third-order valence-corrected chi connectivity index (χ3v) is 5.42. The van der Waals surface area contributed by atoms with Crippen LogP contribution in [0.25, 0.3) is 22.6 Å². The summed E-state index contributed by atoms with van der Waals surface area (Å²) in [7, 11) is 0. The Morgan fingerprint density at radius 3 is 2.11 bits per heavy atom. The molecule has 144 valence electrons. The molecule has 28 heavy (non-hydrogen) atoms. The number of amides is 3. The van der Waals surface area contributed by atoms with Crippen molar-refractivity contribution in [3.05, 3.63) is 60.7 Å². The number of primary amides is 1. The number of aromatic nitrogens is 1. The van der Waals surface area contributed by atoms with Crippen molar-refractivity contribution < 1.29 is 14.0 Å². The van der Waals surface area contributed by atoms with Crippen LogP contribution in [0.2, 0.25) is 0 Å². The molecule has 0 aliphatic heterocycles. The molecule has 0 saturated carbocycles. The maximum atomic E-state index is 12.3. The second kappa shape index (κ2) is 8.75. The Morgan fingerprint density at radius 2 is 1.57 bits per heavy atom. The maximum absolute atomic E-state index is 12.3. The van der Waals surface area contributed by atoms with Crippen LogP contribution < -0.4 is 11.1 Å². The van der Waals surface area contributed by atoms with Gasteiger partial charge < -0.3 is 10.2 Å². The molecule has 0 unspecified atom stereocenters. The lowest BCUT2D eigenvalue weighted by molar-refractivity contribution is -0.120. The van der Waals surface area contributed by atoms with Gasteiger partial charge in [0.25, 0.3) is 5.22 Å². The van der Waals surface area contributed by atoms with Crippen LogP contribution in [0.4, 0.5) is 4.79 Å². The molecule has 2 aromatic carbocycles. The van der Waals surface area contributed by atoms with Crippen molar-refractivity contribution in [3.63, 3.8) is 0 Å². The van der Waals surface area contributed by atoms with E-state index in [1.165, 1.54) is 11.8 Å². The van der Waals surface area contributed by atoms with Crippen molar-refractivity contribution in [1.29, 1.82) is 0 Å². The number of nitrogens with zero attached hydrogens (tertiary/aromatic N) is 1. The topological polar surface area (TPSA) is 98.2 Å². The fourth-order valence-electron chi connectivity index (χ4n) is 2.72. The van der Waals surface area contributed by atoms with Gasteiger partial charge in [-0.05, 0) is 5.92 Å². The zero-order valence-corrected chi connectivity index (χ0v) is 16.4. The molecule has 1 atom stereocenters. The van der Waals surface area contributed by atoms with Gasteiger partial charge in [0.15, 0.2) is 5.76 Å². The van der Waals surface area contributed by atoms with Gasteiger partial charge in [-0.25, -0.2) is 9.78 Å². The average Bonchev–Trinajstić information content (AvgIpc) is 3.11. The van der Waals surface area contributed by atoms with Crippen LogP contribution >= 0.6 is 11.8 Å². The highest BCUT2D eigenvalue weighted by atomic mass is 32.2. The van der Waals surface area contributed by atoms with Gasteiger partial charge in [-0.2, -0.15) is 0 Å². The fraction of sp³-hybridized carbons (Fsp3) is 0.190. The normalized spacial score (nSPS) is 12.0. The lowest BCUT2D eigenvalue weighted by Crippen LogP contribution is -2.42. The molecule has 3 amide bonds. The van der Waals surface area contributed by atoms with E-state index in [9.17, 15) is 9.59 Å². The summed E-state index contributed by atoms with van der Waals surface area (Å²) in [6.45, 7) is 3.77. The number of imide groups is 1. The molecule has 0 aliphatic carbocycles. The summed E-state index contributed by atoms with van der Waals surface area (Å²) in [6, 6.07) is 18.5. The van der Waals surface area contributed by atoms with Crippen molar-refractivity contribution in [2.75, 3.05) is 0 Å². The van der Waals surface area contributed by atoms with E-state index in [0.717, 1.165) is 11.1 Å². The quantitative estimate of drug-likeness (QED) is 0.606. The van der Waals surface area contributed by atoms with Crippen LogP contribution in [0.5, 0.6) is 0 Å². The minimum atomic E-state index is -0.876. The van der Waals surface area contributed by atoms with E-state index in [2.05, 4.69) is 10.3 Å². The number of rotatable bonds is 6. The number of nitrogens with two attached hydrogens (primary N) is 1. The highest BCUT2D eigenvalue weighted by Crippen LogP contribution is 2.37. The summed E-state index contributed by atoms with van der Waals surface area (Å²) in [4.78, 5) is 28.0. The van der Waals surface area contributed by atoms with Crippen molar-refractivity contribution in [2.45, 2.75) is 24.3 Å². The number of hydrogen-bond acceptors (Lipinski definition) is 5. The Morgan fingerprint density at radius 1 is 1.00 bits per heavy atom. The highest BCUT2D eigenvalue weighted by Gasteiger charge is 2.28. The Labute approximate surface area is 167 Å². The Bertz CT molecular complexity index is 899. The minimum Gasteiger partial charge on any atom is -0.431 e. The highest BCUT2D eigenvalue weighted by molar-refractivity contribution is 8.00. The van der Waals surface area contributed by atoms with Gasteiger partial charge in [0.05, 0.1) is 5.25 Å². The Balaban J connectivity index is 1.99. The van der Waals surface area contributed by atoms with E-state index in [4.69, 9.17) is 10.2 Å². The molecule has 0 fully saturated rings. The molecule has 3 aromatic rings. The lowest BCUT2D eigenvalue weighted by Gasteiger charge is -2.16. The number of carbonyl (C=O) groups excluding carboxylic acids is 2. The van der Waals surface area contributed by atoms with E-state index in [1.807, 2.05) is 74.5 Å². The summed E-state index contributed by atoms with van der Waals surface area (Å²) in [5, 5.41) is 1.93. The van der Waals surface area contributed by atoms with Crippen LogP contribution in [0.3, 0.4) is 0 Å². The third-order valence-electron chi connectivity index (χ3n) is 4.03. The van der Waals surface area contributed by atoms with E-state index in [-0.39, 0.29) is 5.92 Å². The summed E-state index contributed by atoms with van der Waals surface area (Å²) in [5.74, 6) is 0.108. The molecule has 7 heteroatoms. The molecular weight excluding hydrogens is 374 g/mol. The largest absolute Gasteiger partial charge is 0.431 e. The monoisotopic (exact) mass is 395 g/mol. The first kappa shape index (κ1) is 19.7. The molecule has 3 N–H and O–H groups in total. The maximum Gasteiger partial charge on any atom is 0.318 e. The van der Waals surface area contributed by atoms with Gasteiger partial charge in [-0.3, -0.25) is 10.1 Å². The summed E-state index contributed by atoms with van der Waals surface area (Å²) in [6.07, 6.45) is 0. The molecule has 0 saturated heterocycles. The van der Waals surface area contributed by atoms with Gasteiger partial charge in [-0.1, -0.05) is 86.3 Å². The number of nitrogens with one attached hydrogen (secondary N) is 1. The smallest absolute Gasteiger partial charge is 0.318 e. The Kier molecular flexibility index (Phi) is 6.16. The molecular formula is C21H21N3O3S. The summed E-state index contributed by atoms with van der Waals surface area (Å²) < 4.78 is 6.05. The number of carbonyl (C=O) groups is 2. The predicted molar refractivity (Wildman–Crippen MR) is 110 cm³/mol. The number of urea groups is 1. The summed E-state index contributed by atoms with van der Waals surface area (Å²) in [5.41, 5.74) is 7.60. The molecule has 6 nitrogen and oxygen atoms in total. The Hall–Kier alpha value is -3.06. The molecule has 0 radical (unpaired) electrons. The third kappa shape index (κ3) is 4.61. The zero-order chi connectivity index (χ0) is 20.1. The van der Waals surface area contributed by atoms with Crippen LogP contribution in [0, 0.1) is 5.92 Å². The second-order valence-electron chi connectivity index (χ2n) is 6.53. The first-order chi connectivity index (χ1) is 13.5. The molecule has 0 spiro atoms. The van der Waals surface area contributed by atoms with Gasteiger partial charge in [-0.15, -0.1) is 0 Å². The van der Waals surface area contributed by atoms with Gasteiger partial charge in [0.2, 0.25) is 5.91 Å². The standard InChI is InChI=1S/C21H21N3O3S/c1-13(2)18(19(25)24-20(22)26)28-21-23-16(14-9-5-3-6-10-14)17(27-21)15-11-7-4-8-12-15/h3-13,18H,1-2H3,(H3,22,24,25,26)/t18-/m1/s1. The van der Waals surface area contributed by atoms with E-state index < -0.39 is 17.2 Å². The van der Waals surface area contributed by atoms with Gasteiger partial charge in [0, 0.05) is 11.1 Å². The van der Waals surface area contributed by atoms with Crippen LogP contribution in [0.1, 0.15) is 13.8 Å². The van der Waals surface area contributed by atoms with Crippen LogP contribution in [0.15, 0.2) is 70.3 Å². The molecule has 1 heterocycles. The number of hydrogen-bond donors (Lipinski definition) is 2. The molecule has 0 aliphatic rings. The number of oxazole rings is 1. The molecule has 1 aromatic heterocycles. The van der Waals surface area contributed by atoms with Crippen molar-refractivity contribution in [1.82, 2.24) is 10.3 Å². The van der Waals surface area contributed by atoms with Crippen LogP contribution in [-0.4, -0.2) is 22.2 Å². The van der Waals surface area contributed by atoms with E-state index in [1.54, 1.807) is 0 Å². The average molecular weight is 395 g/mol. The zero-order valence-electron chi connectivity index (χ0n) is 15.6. The van der Waals surface area contributed by atoms with E-state index >= 15 is 0 Å². The molecule has 3 rings (SSSR count). The number of benzene rings is 2. The van der Waals surface area contributed by atoms with Crippen LogP contribution in [-0.2, 0) is 4.79 Å². The predicted octanol–water partition coefficient (Wildman–Crippen LogP) is 4.32. The number of thioether (sulfide) groups is 1. The fourth-order valence-corrected chi connectivity index (χ4v) is 3.65. The first-order valence-electron chi connectivity index (χ1n) is 8.84. The SMILES string of the molecule is CC(C)[C@@H](Sc1nc(-c2ccccc2)c(-c2ccccc2)o1)C(=O)NC(N)=O. The summed E-state index contributed by atoms with van der Waals surface area (Å²) >= 11 is 1.17. The lowest BCUT2D eigenvalue weighted by atomic mass is 10.1. The van der Waals surface area contributed by atoms with E-state index in [0.29, 0.717) is 16.7 Å². The van der Waals surface area contributed by atoms with Gasteiger partial charge >= 0.3 is 6.03 Å². The second-order valence-corrected chi connectivity index (χ2v) is 7.62. The molecule has 0 bridgehead atoms. The van der Waals surface area contributed by atoms with Crippen molar-refractivity contribution in [3.8, 4) is 22.6 Å². The van der Waals surface area contributed by atoms with Crippen molar-refractivity contribution >= 4 is 23.7 Å². The van der Waals surface area contributed by atoms with Crippen molar-refractivity contribution in [2.24, 2.45) is 11.7 Å². The first-order valence-corrected chi connectivity index (χ1v) is 9.72.